The highest BCUT2D eigenvalue weighted by Crippen LogP contribution is 2.20. The van der Waals surface area contributed by atoms with Gasteiger partial charge in [0.1, 0.15) is 0 Å². The highest BCUT2D eigenvalue weighted by atomic mass is 79.9. The fourth-order valence-electron chi connectivity index (χ4n) is 2.12. The van der Waals surface area contributed by atoms with E-state index in [1.807, 2.05) is 29.2 Å². The highest BCUT2D eigenvalue weighted by molar-refractivity contribution is 9.10. The van der Waals surface area contributed by atoms with E-state index >= 15 is 0 Å². The van der Waals surface area contributed by atoms with Gasteiger partial charge in [-0.3, -0.25) is 4.79 Å². The topological polar surface area (TPSA) is 35.6 Å². The maximum Gasteiger partial charge on any atom is 0.224 e. The minimum atomic E-state index is 0.243. The fourth-order valence-corrected chi connectivity index (χ4v) is 2.55. The summed E-state index contributed by atoms with van der Waals surface area (Å²) in [6.45, 7) is 4.33. The molecule has 0 aromatic heterocycles. The third kappa shape index (κ3) is 4.21. The van der Waals surface area contributed by atoms with Crippen molar-refractivity contribution in [1.29, 1.82) is 0 Å². The van der Waals surface area contributed by atoms with Gasteiger partial charge in [0.15, 0.2) is 0 Å². The predicted octanol–water partition coefficient (Wildman–Crippen LogP) is 2.03. The third-order valence-corrected chi connectivity index (χ3v) is 4.08. The molecule has 1 N–H and O–H groups in total. The molecule has 0 atom stereocenters. The molecule has 1 aromatic rings. The average Bonchev–Trinajstić information content (AvgIpc) is 2.41. The summed E-state index contributed by atoms with van der Waals surface area (Å²) >= 11 is 3.48. The lowest BCUT2D eigenvalue weighted by Gasteiger charge is -2.32. The smallest absolute Gasteiger partial charge is 0.224 e. The number of rotatable bonds is 4. The van der Waals surface area contributed by atoms with Gasteiger partial charge in [-0.05, 0) is 35.1 Å². The number of hydrogen-bond acceptors (Lipinski definition) is 3. The zero-order valence-corrected chi connectivity index (χ0v) is 12.8. The van der Waals surface area contributed by atoms with Crippen molar-refractivity contribution in [2.45, 2.75) is 6.42 Å². The van der Waals surface area contributed by atoms with Gasteiger partial charge in [-0.2, -0.15) is 0 Å². The molecule has 1 aliphatic heterocycles. The van der Waals surface area contributed by atoms with Crippen LogP contribution in [0.2, 0.25) is 0 Å². The first-order valence-electron chi connectivity index (χ1n) is 6.61. The minimum Gasteiger partial charge on any atom is -0.384 e. The van der Waals surface area contributed by atoms with Crippen LogP contribution in [0.3, 0.4) is 0 Å². The van der Waals surface area contributed by atoms with E-state index in [1.54, 1.807) is 0 Å². The van der Waals surface area contributed by atoms with Crippen molar-refractivity contribution < 1.29 is 4.79 Å². The summed E-state index contributed by atoms with van der Waals surface area (Å²) in [4.78, 5) is 16.2. The van der Waals surface area contributed by atoms with Crippen LogP contribution in [-0.2, 0) is 4.79 Å². The van der Waals surface area contributed by atoms with E-state index in [0.29, 0.717) is 13.0 Å². The lowest BCUT2D eigenvalue weighted by molar-refractivity contribution is -0.132. The second-order valence-electron chi connectivity index (χ2n) is 4.84. The van der Waals surface area contributed by atoms with Crippen LogP contribution in [0, 0.1) is 0 Å². The van der Waals surface area contributed by atoms with Crippen molar-refractivity contribution in [2.24, 2.45) is 0 Å². The molecule has 0 unspecified atom stereocenters. The molecule has 0 spiro atoms. The lowest BCUT2D eigenvalue weighted by atomic mass is 10.2. The maximum absolute atomic E-state index is 12.0. The van der Waals surface area contributed by atoms with Gasteiger partial charge in [-0.1, -0.05) is 12.1 Å². The number of nitrogens with one attached hydrogen (secondary N) is 1. The number of benzene rings is 1. The number of likely N-dealkylation sites (N-methyl/N-ethyl adjacent to an activating group) is 1. The summed E-state index contributed by atoms with van der Waals surface area (Å²) in [5.74, 6) is 0.243. The van der Waals surface area contributed by atoms with Crippen molar-refractivity contribution >= 4 is 27.5 Å². The van der Waals surface area contributed by atoms with Crippen LogP contribution < -0.4 is 5.32 Å². The van der Waals surface area contributed by atoms with Crippen LogP contribution in [0.4, 0.5) is 5.69 Å². The van der Waals surface area contributed by atoms with Crippen molar-refractivity contribution in [3.8, 4) is 0 Å². The Morgan fingerprint density at radius 1 is 1.26 bits per heavy atom. The Hall–Kier alpha value is -1.07. The second kappa shape index (κ2) is 6.91. The van der Waals surface area contributed by atoms with Gasteiger partial charge in [-0.25, -0.2) is 0 Å². The Morgan fingerprint density at radius 3 is 2.63 bits per heavy atom. The summed E-state index contributed by atoms with van der Waals surface area (Å²) in [6.07, 6.45) is 0.547. The predicted molar refractivity (Wildman–Crippen MR) is 81.3 cm³/mol. The van der Waals surface area contributed by atoms with Crippen LogP contribution in [0.1, 0.15) is 6.42 Å². The van der Waals surface area contributed by atoms with Gasteiger partial charge >= 0.3 is 0 Å². The van der Waals surface area contributed by atoms with E-state index in [9.17, 15) is 4.79 Å². The van der Waals surface area contributed by atoms with E-state index < -0.39 is 0 Å². The third-order valence-electron chi connectivity index (χ3n) is 3.38. The molecule has 1 aromatic carbocycles. The Morgan fingerprint density at radius 2 is 1.95 bits per heavy atom. The number of amides is 1. The van der Waals surface area contributed by atoms with Gasteiger partial charge in [0.25, 0.3) is 0 Å². The Balaban J connectivity index is 1.74. The van der Waals surface area contributed by atoms with Gasteiger partial charge in [0, 0.05) is 49.3 Å². The van der Waals surface area contributed by atoms with Crippen LogP contribution in [-0.4, -0.2) is 55.5 Å². The number of nitrogens with zero attached hydrogens (tertiary/aromatic N) is 2. The van der Waals surface area contributed by atoms with E-state index in [4.69, 9.17) is 0 Å². The molecule has 0 saturated carbocycles. The van der Waals surface area contributed by atoms with Gasteiger partial charge < -0.3 is 15.1 Å². The Kier molecular flexibility index (Phi) is 5.22. The first kappa shape index (κ1) is 14.3. The summed E-state index contributed by atoms with van der Waals surface area (Å²) in [5, 5.41) is 3.29. The molecule has 1 saturated heterocycles. The number of hydrogen-bond donors (Lipinski definition) is 1. The van der Waals surface area contributed by atoms with Crippen molar-refractivity contribution in [3.63, 3.8) is 0 Å². The molecule has 0 radical (unpaired) electrons. The normalized spacial score (nSPS) is 16.4. The molecule has 1 aliphatic rings. The summed E-state index contributed by atoms with van der Waals surface area (Å²) in [5.41, 5.74) is 1.04. The molecule has 5 heteroatoms. The van der Waals surface area contributed by atoms with E-state index in [0.717, 1.165) is 36.3 Å². The summed E-state index contributed by atoms with van der Waals surface area (Å²) in [6, 6.07) is 7.95. The molecule has 0 aliphatic carbocycles. The minimum absolute atomic E-state index is 0.243. The van der Waals surface area contributed by atoms with Gasteiger partial charge in [0.2, 0.25) is 5.91 Å². The molecule has 0 bridgehead atoms. The standard InChI is InChI=1S/C14H20BrN3O/c1-17-8-10-18(11-9-17)14(19)6-7-16-13-5-3-2-4-12(13)15/h2-5,16H,6-11H2,1H3. The number of piperazine rings is 1. The molecular formula is C14H20BrN3O. The van der Waals surface area contributed by atoms with Crippen molar-refractivity contribution in [3.05, 3.63) is 28.7 Å². The molecule has 104 valence electrons. The number of para-hydroxylation sites is 1. The highest BCUT2D eigenvalue weighted by Gasteiger charge is 2.18. The second-order valence-corrected chi connectivity index (χ2v) is 5.70. The number of halogens is 1. The molecule has 1 heterocycles. The summed E-state index contributed by atoms with van der Waals surface area (Å²) < 4.78 is 1.03. The SMILES string of the molecule is CN1CCN(C(=O)CCNc2ccccc2Br)CC1. The van der Waals surface area contributed by atoms with Crippen molar-refractivity contribution in [1.82, 2.24) is 9.80 Å². The average molecular weight is 326 g/mol. The summed E-state index contributed by atoms with van der Waals surface area (Å²) in [7, 11) is 2.09. The molecule has 1 amide bonds. The van der Waals surface area contributed by atoms with E-state index in [2.05, 4.69) is 33.2 Å². The monoisotopic (exact) mass is 325 g/mol. The largest absolute Gasteiger partial charge is 0.384 e. The Bertz CT molecular complexity index is 430. The number of anilines is 1. The molecular weight excluding hydrogens is 306 g/mol. The van der Waals surface area contributed by atoms with E-state index in [1.165, 1.54) is 0 Å². The zero-order valence-electron chi connectivity index (χ0n) is 11.2. The molecule has 1 fully saturated rings. The number of carbonyl (C=O) groups excluding carboxylic acids is 1. The number of carbonyl (C=O) groups is 1. The first-order chi connectivity index (χ1) is 9.16. The van der Waals surface area contributed by atoms with Crippen LogP contribution in [0.15, 0.2) is 28.7 Å². The molecule has 19 heavy (non-hydrogen) atoms. The van der Waals surface area contributed by atoms with E-state index in [-0.39, 0.29) is 5.91 Å². The van der Waals surface area contributed by atoms with Gasteiger partial charge in [0.05, 0.1) is 0 Å². The first-order valence-corrected chi connectivity index (χ1v) is 7.41. The van der Waals surface area contributed by atoms with Gasteiger partial charge in [-0.15, -0.1) is 0 Å². The quantitative estimate of drug-likeness (QED) is 0.920. The van der Waals surface area contributed by atoms with Crippen LogP contribution in [0.25, 0.3) is 0 Å². The maximum atomic E-state index is 12.0. The fraction of sp³-hybridized carbons (Fsp3) is 0.500. The lowest BCUT2D eigenvalue weighted by Crippen LogP contribution is -2.47. The molecule has 4 nitrogen and oxygen atoms in total. The Labute approximate surface area is 122 Å². The van der Waals surface area contributed by atoms with Crippen LogP contribution >= 0.6 is 15.9 Å². The molecule has 2 rings (SSSR count). The van der Waals surface area contributed by atoms with Crippen molar-refractivity contribution in [2.75, 3.05) is 45.1 Å². The zero-order chi connectivity index (χ0) is 13.7. The van der Waals surface area contributed by atoms with Crippen LogP contribution in [0.5, 0.6) is 0 Å².